The molecule has 0 saturated heterocycles. The van der Waals surface area contributed by atoms with Gasteiger partial charge in [-0.15, -0.1) is 0 Å². The molecule has 0 aromatic heterocycles. The molecule has 8 heteroatoms. The van der Waals surface area contributed by atoms with Gasteiger partial charge in [-0.2, -0.15) is 5.26 Å². The van der Waals surface area contributed by atoms with Gasteiger partial charge >= 0.3 is 0 Å². The number of aliphatic hydroxyl groups is 2. The van der Waals surface area contributed by atoms with E-state index in [9.17, 15) is 0 Å². The van der Waals surface area contributed by atoms with E-state index in [0.29, 0.717) is 22.7 Å². The molecule has 0 aliphatic heterocycles. The van der Waals surface area contributed by atoms with Crippen molar-refractivity contribution in [2.45, 2.75) is 6.92 Å². The number of benzene rings is 2. The quantitative estimate of drug-likeness (QED) is 0.578. The maximum atomic E-state index is 8.60. The van der Waals surface area contributed by atoms with Crippen LogP contribution in [0.2, 0.25) is 0 Å². The Morgan fingerprint density at radius 1 is 0.962 bits per heavy atom. The first-order chi connectivity index (χ1) is 12.1. The molecule has 26 heavy (non-hydrogen) atoms. The number of rotatable bonds is 4. The molecule has 0 saturated carbocycles. The molecule has 129 valence electrons. The number of hydrogen-bond acceptors (Lipinski definition) is 5. The summed E-state index contributed by atoms with van der Waals surface area (Å²) in [6.45, 7) is 14.6. The summed E-state index contributed by atoms with van der Waals surface area (Å²) in [5.74, 6) is 0.968. The molecule has 0 aliphatic rings. The number of aliphatic hydroxyl groups excluding tert-OH is 2. The third-order valence-electron chi connectivity index (χ3n) is 2.97. The van der Waals surface area contributed by atoms with Gasteiger partial charge in [0.15, 0.2) is 25.0 Å². The molecule has 0 heterocycles. The molecule has 0 atom stereocenters. The van der Waals surface area contributed by atoms with Crippen LogP contribution in [0.4, 0.5) is 11.4 Å². The van der Waals surface area contributed by atoms with E-state index in [0.717, 1.165) is 5.56 Å². The van der Waals surface area contributed by atoms with Gasteiger partial charge in [0, 0.05) is 32.7 Å². The summed E-state index contributed by atoms with van der Waals surface area (Å²) in [7, 11) is 0. The van der Waals surface area contributed by atoms with Crippen LogP contribution >= 0.6 is 0 Å². The van der Waals surface area contributed by atoms with Crippen LogP contribution in [-0.2, 0) is 32.7 Å². The third-order valence-corrected chi connectivity index (χ3v) is 2.97. The fraction of sp³-hybridized carbons (Fsp3) is 0.167. The fourth-order valence-corrected chi connectivity index (χ4v) is 1.78. The van der Waals surface area contributed by atoms with E-state index in [1.165, 1.54) is 18.2 Å². The molecule has 2 rings (SSSR count). The van der Waals surface area contributed by atoms with Crippen LogP contribution in [0.5, 0.6) is 11.5 Å². The van der Waals surface area contributed by atoms with E-state index in [4.69, 9.17) is 38.1 Å². The number of nitrogens with zero attached hydrogens (tertiary/aromatic N) is 3. The average molecular weight is 426 g/mol. The van der Waals surface area contributed by atoms with Gasteiger partial charge < -0.3 is 19.7 Å². The maximum absolute atomic E-state index is 8.60. The first-order valence-electron chi connectivity index (χ1n) is 6.96. The van der Waals surface area contributed by atoms with Gasteiger partial charge in [0.25, 0.3) is 0 Å². The number of ether oxygens (including phenoxy) is 2. The Kier molecular flexibility index (Phi) is 11.6. The number of nitriles is 1. The van der Waals surface area contributed by atoms with Gasteiger partial charge in [0.1, 0.15) is 11.5 Å². The minimum absolute atomic E-state index is 0. The standard InChI is InChI=1S/C9H6N2O2.C9H9NO2.Y/c1-10-8-4-3-7(13-6-12)5-9(8)11-2;1-7-4-9(12-6-11)3-2-8(7)5-10;/h3-5,12H,6H2;2-4,11H,6H2,1H3;. The largest absolute Gasteiger partial charge is 0.469 e. The number of aryl methyl sites for hydroxylation is 1. The zero-order valence-corrected chi connectivity index (χ0v) is 16.8. The molecule has 0 fully saturated rings. The molecular formula is C18H15N3O4Y. The van der Waals surface area contributed by atoms with Crippen LogP contribution < -0.4 is 9.47 Å². The molecule has 7 nitrogen and oxygen atoms in total. The second-order valence-electron chi connectivity index (χ2n) is 4.51. The van der Waals surface area contributed by atoms with Crippen LogP contribution in [0.25, 0.3) is 9.69 Å². The Balaban J connectivity index is 0.000000464. The van der Waals surface area contributed by atoms with Crippen LogP contribution in [0.3, 0.4) is 0 Å². The smallest absolute Gasteiger partial charge is 0.198 e. The van der Waals surface area contributed by atoms with Crippen molar-refractivity contribution in [3.05, 3.63) is 70.4 Å². The Hall–Kier alpha value is -2.47. The van der Waals surface area contributed by atoms with Crippen LogP contribution in [-0.4, -0.2) is 23.8 Å². The zero-order valence-electron chi connectivity index (χ0n) is 14.0. The SMILES string of the molecule is Cc1cc(OCO)ccc1C#N.[C-]#[N+]c1ccc(OCO)cc1[N+]#[C-].[Y]. The van der Waals surface area contributed by atoms with Crippen molar-refractivity contribution in [1.82, 2.24) is 0 Å². The van der Waals surface area contributed by atoms with Crippen LogP contribution in [0.1, 0.15) is 11.1 Å². The predicted octanol–water partition coefficient (Wildman–Crippen LogP) is 3.31. The molecular weight excluding hydrogens is 411 g/mol. The van der Waals surface area contributed by atoms with Gasteiger partial charge in [-0.1, -0.05) is 6.07 Å². The van der Waals surface area contributed by atoms with Gasteiger partial charge in [-0.3, -0.25) is 4.85 Å². The molecule has 0 amide bonds. The van der Waals surface area contributed by atoms with E-state index in [-0.39, 0.29) is 45.2 Å². The first kappa shape index (κ1) is 23.5. The Morgan fingerprint density at radius 3 is 1.96 bits per heavy atom. The molecule has 2 aromatic rings. The Morgan fingerprint density at radius 2 is 1.50 bits per heavy atom. The summed E-state index contributed by atoms with van der Waals surface area (Å²) >= 11 is 0. The number of hydrogen-bond donors (Lipinski definition) is 2. The molecule has 2 N–H and O–H groups in total. The van der Waals surface area contributed by atoms with Crippen LogP contribution in [0, 0.1) is 31.4 Å². The molecule has 0 bridgehead atoms. The zero-order chi connectivity index (χ0) is 18.7. The van der Waals surface area contributed by atoms with Gasteiger partial charge in [-0.25, -0.2) is 4.85 Å². The minimum Gasteiger partial charge on any atom is -0.469 e. The fourth-order valence-electron chi connectivity index (χ4n) is 1.78. The van der Waals surface area contributed by atoms with Crippen molar-refractivity contribution in [1.29, 1.82) is 5.26 Å². The van der Waals surface area contributed by atoms with Gasteiger partial charge in [0.05, 0.1) is 24.8 Å². The molecule has 0 aliphatic carbocycles. The monoisotopic (exact) mass is 426 g/mol. The summed E-state index contributed by atoms with van der Waals surface area (Å²) in [6, 6.07) is 11.5. The summed E-state index contributed by atoms with van der Waals surface area (Å²) in [5.41, 5.74) is 2.00. The van der Waals surface area contributed by atoms with Crippen molar-refractivity contribution in [2.75, 3.05) is 13.6 Å². The van der Waals surface area contributed by atoms with Crippen LogP contribution in [0.15, 0.2) is 36.4 Å². The summed E-state index contributed by atoms with van der Waals surface area (Å²) < 4.78 is 9.59. The topological polar surface area (TPSA) is 91.4 Å². The first-order valence-corrected chi connectivity index (χ1v) is 6.96. The van der Waals surface area contributed by atoms with E-state index in [1.807, 2.05) is 13.0 Å². The second kappa shape index (κ2) is 12.8. The van der Waals surface area contributed by atoms with E-state index in [2.05, 4.69) is 9.69 Å². The summed E-state index contributed by atoms with van der Waals surface area (Å²) in [6.07, 6.45) is 0. The van der Waals surface area contributed by atoms with E-state index >= 15 is 0 Å². The minimum atomic E-state index is -0.436. The van der Waals surface area contributed by atoms with E-state index < -0.39 is 6.79 Å². The Bertz CT molecular complexity index is 851. The van der Waals surface area contributed by atoms with Gasteiger partial charge in [-0.05, 0) is 42.8 Å². The van der Waals surface area contributed by atoms with Crippen molar-refractivity contribution in [2.24, 2.45) is 0 Å². The second-order valence-corrected chi connectivity index (χ2v) is 4.51. The van der Waals surface area contributed by atoms with E-state index in [1.54, 1.807) is 18.2 Å². The third kappa shape index (κ3) is 7.19. The molecule has 1 radical (unpaired) electrons. The van der Waals surface area contributed by atoms with Crippen molar-refractivity contribution >= 4 is 11.4 Å². The maximum Gasteiger partial charge on any atom is 0.198 e. The summed E-state index contributed by atoms with van der Waals surface area (Å²) in [4.78, 5) is 6.32. The summed E-state index contributed by atoms with van der Waals surface area (Å²) in [5, 5.41) is 25.5. The normalized spacial score (nSPS) is 8.46. The molecule has 2 aromatic carbocycles. The predicted molar refractivity (Wildman–Crippen MR) is 90.3 cm³/mol. The average Bonchev–Trinajstić information content (AvgIpc) is 2.63. The van der Waals surface area contributed by atoms with Crippen molar-refractivity contribution < 1.29 is 52.4 Å². The molecule has 0 unspecified atom stereocenters. The Labute approximate surface area is 176 Å². The van der Waals surface area contributed by atoms with Gasteiger partial charge in [0.2, 0.25) is 0 Å². The van der Waals surface area contributed by atoms with Crippen molar-refractivity contribution in [3.8, 4) is 17.6 Å². The molecule has 0 spiro atoms. The van der Waals surface area contributed by atoms with Crippen molar-refractivity contribution in [3.63, 3.8) is 0 Å².